The molecule has 0 aliphatic heterocycles. The maximum absolute atomic E-state index is 11.7. The summed E-state index contributed by atoms with van der Waals surface area (Å²) in [5.74, 6) is -0.893. The molecule has 14 heavy (non-hydrogen) atoms. The number of alkyl halides is 2. The molecule has 0 aliphatic carbocycles. The van der Waals surface area contributed by atoms with Crippen molar-refractivity contribution in [1.82, 2.24) is 0 Å². The Bertz CT molecular complexity index is 326. The average Bonchev–Trinajstić information content (AvgIpc) is 2.16. The van der Waals surface area contributed by atoms with Gasteiger partial charge in [-0.1, -0.05) is 12.1 Å². The highest BCUT2D eigenvalue weighted by Crippen LogP contribution is 2.18. The Morgan fingerprint density at radius 3 is 2.57 bits per heavy atom. The fraction of sp³-hybridized carbons (Fsp3) is 0.222. The van der Waals surface area contributed by atoms with Gasteiger partial charge in [0, 0.05) is 0 Å². The van der Waals surface area contributed by atoms with Gasteiger partial charge >= 0.3 is 12.6 Å². The smallest absolute Gasteiger partial charge is 0.389 e. The van der Waals surface area contributed by atoms with Gasteiger partial charge in [-0.3, -0.25) is 0 Å². The van der Waals surface area contributed by atoms with Gasteiger partial charge in [0.25, 0.3) is 0 Å². The van der Waals surface area contributed by atoms with Crippen molar-refractivity contribution in [2.24, 2.45) is 0 Å². The fourth-order valence-electron chi connectivity index (χ4n) is 0.958. The Labute approximate surface area is 79.2 Å². The zero-order chi connectivity index (χ0) is 10.6. The van der Waals surface area contributed by atoms with Crippen LogP contribution in [0.2, 0.25) is 0 Å². The molecule has 0 saturated heterocycles. The topological polar surface area (TPSA) is 35.5 Å². The van der Waals surface area contributed by atoms with Crippen LogP contribution in [0.15, 0.2) is 24.3 Å². The molecule has 0 unspecified atom stereocenters. The van der Waals surface area contributed by atoms with E-state index in [1.807, 2.05) is 0 Å². The summed E-state index contributed by atoms with van der Waals surface area (Å²) < 4.78 is 32.0. The van der Waals surface area contributed by atoms with Crippen LogP contribution in [0.1, 0.15) is 10.4 Å². The number of benzene rings is 1. The number of hydrogen-bond donors (Lipinski definition) is 0. The first kappa shape index (κ1) is 10.4. The molecule has 0 aromatic heterocycles. The van der Waals surface area contributed by atoms with Crippen molar-refractivity contribution < 1.29 is 23.0 Å². The number of ether oxygens (including phenoxy) is 2. The molecule has 0 spiro atoms. The second-order valence-electron chi connectivity index (χ2n) is 2.37. The number of hydrogen-bond acceptors (Lipinski definition) is 3. The molecule has 0 heterocycles. The molecule has 0 radical (unpaired) electrons. The summed E-state index contributed by atoms with van der Waals surface area (Å²) in [4.78, 5) is 11.1. The third-order valence-electron chi connectivity index (χ3n) is 1.52. The van der Waals surface area contributed by atoms with E-state index in [4.69, 9.17) is 4.74 Å². The lowest BCUT2D eigenvalue weighted by molar-refractivity contribution is -0.0907. The first-order valence-electron chi connectivity index (χ1n) is 3.77. The molecule has 0 aliphatic rings. The minimum absolute atomic E-state index is 0.0182. The van der Waals surface area contributed by atoms with E-state index in [1.54, 1.807) is 6.07 Å². The summed E-state index contributed by atoms with van der Waals surface area (Å²) in [6.45, 7) is -3.12. The second kappa shape index (κ2) is 4.55. The second-order valence-corrected chi connectivity index (χ2v) is 2.37. The average molecular weight is 202 g/mol. The molecule has 0 N–H and O–H groups in total. The highest BCUT2D eigenvalue weighted by Gasteiger charge is 2.16. The van der Waals surface area contributed by atoms with E-state index in [0.29, 0.717) is 0 Å². The largest absolute Gasteiger partial charge is 0.496 e. The highest BCUT2D eigenvalue weighted by molar-refractivity contribution is 5.92. The van der Waals surface area contributed by atoms with E-state index >= 15 is 0 Å². The van der Waals surface area contributed by atoms with E-state index in [2.05, 4.69) is 4.74 Å². The quantitative estimate of drug-likeness (QED) is 0.704. The normalized spacial score (nSPS) is 10.0. The number of halogens is 2. The molecule has 1 aromatic carbocycles. The fourth-order valence-corrected chi connectivity index (χ4v) is 0.958. The van der Waals surface area contributed by atoms with Gasteiger partial charge in [-0.05, 0) is 12.1 Å². The third-order valence-corrected chi connectivity index (χ3v) is 1.52. The molecule has 76 valence electrons. The van der Waals surface area contributed by atoms with Gasteiger partial charge in [-0.2, -0.15) is 8.78 Å². The number of carbonyl (C=O) groups is 1. The Kier molecular flexibility index (Phi) is 3.39. The van der Waals surface area contributed by atoms with Crippen LogP contribution >= 0.6 is 0 Å². The van der Waals surface area contributed by atoms with Crippen molar-refractivity contribution in [2.75, 3.05) is 7.11 Å². The van der Waals surface area contributed by atoms with Gasteiger partial charge in [0.15, 0.2) is 0 Å². The zero-order valence-corrected chi connectivity index (χ0v) is 7.37. The SMILES string of the molecule is COc1ccccc1C(=O)OC(F)F. The summed E-state index contributed by atoms with van der Waals surface area (Å²) in [6.07, 6.45) is 0. The van der Waals surface area contributed by atoms with Crippen LogP contribution in [0, 0.1) is 0 Å². The third kappa shape index (κ3) is 2.42. The Balaban J connectivity index is 2.88. The van der Waals surface area contributed by atoms with E-state index < -0.39 is 12.6 Å². The molecule has 0 saturated carbocycles. The van der Waals surface area contributed by atoms with Gasteiger partial charge in [0.1, 0.15) is 11.3 Å². The highest BCUT2D eigenvalue weighted by atomic mass is 19.3. The molecule has 0 bridgehead atoms. The first-order chi connectivity index (χ1) is 6.65. The molecular formula is C9H8F2O3. The Morgan fingerprint density at radius 1 is 1.36 bits per heavy atom. The van der Waals surface area contributed by atoms with Gasteiger partial charge in [0.2, 0.25) is 0 Å². The number of carbonyl (C=O) groups excluding carboxylic acids is 1. The molecule has 3 nitrogen and oxygen atoms in total. The van der Waals surface area contributed by atoms with Crippen molar-refractivity contribution >= 4 is 5.97 Å². The molecule has 5 heteroatoms. The lowest BCUT2D eigenvalue weighted by Crippen LogP contribution is -2.10. The van der Waals surface area contributed by atoms with E-state index in [0.717, 1.165) is 0 Å². The van der Waals surface area contributed by atoms with Gasteiger partial charge in [-0.15, -0.1) is 0 Å². The molecule has 0 amide bonds. The van der Waals surface area contributed by atoms with Crippen LogP contribution in [0.4, 0.5) is 8.78 Å². The van der Waals surface area contributed by atoms with Crippen LogP contribution in [0.5, 0.6) is 5.75 Å². The first-order valence-corrected chi connectivity index (χ1v) is 3.77. The van der Waals surface area contributed by atoms with Crippen LogP contribution in [-0.2, 0) is 4.74 Å². The van der Waals surface area contributed by atoms with E-state index in [9.17, 15) is 13.6 Å². The summed E-state index contributed by atoms with van der Waals surface area (Å²) in [7, 11) is 1.34. The minimum Gasteiger partial charge on any atom is -0.496 e. The van der Waals surface area contributed by atoms with Crippen molar-refractivity contribution in [2.45, 2.75) is 6.61 Å². The molecule has 1 aromatic rings. The molecule has 0 fully saturated rings. The summed E-state index contributed by atoms with van der Waals surface area (Å²) in [5.41, 5.74) is -0.0182. The van der Waals surface area contributed by atoms with Gasteiger partial charge < -0.3 is 9.47 Å². The number of methoxy groups -OCH3 is 1. The number of esters is 1. The summed E-state index contributed by atoms with van der Waals surface area (Å²) in [5, 5.41) is 0. The van der Waals surface area contributed by atoms with Crippen molar-refractivity contribution in [3.05, 3.63) is 29.8 Å². The maximum Gasteiger partial charge on any atom is 0.389 e. The number of para-hydroxylation sites is 1. The van der Waals surface area contributed by atoms with Gasteiger partial charge in [0.05, 0.1) is 7.11 Å². The predicted octanol–water partition coefficient (Wildman–Crippen LogP) is 2.07. The summed E-state index contributed by atoms with van der Waals surface area (Å²) >= 11 is 0. The van der Waals surface area contributed by atoms with E-state index in [1.165, 1.54) is 25.3 Å². The maximum atomic E-state index is 11.7. The molecule has 0 atom stereocenters. The van der Waals surface area contributed by atoms with Crippen LogP contribution < -0.4 is 4.74 Å². The lowest BCUT2D eigenvalue weighted by atomic mass is 10.2. The van der Waals surface area contributed by atoms with E-state index in [-0.39, 0.29) is 11.3 Å². The van der Waals surface area contributed by atoms with Gasteiger partial charge in [-0.25, -0.2) is 4.79 Å². The van der Waals surface area contributed by atoms with Crippen LogP contribution in [0.25, 0.3) is 0 Å². The number of rotatable bonds is 3. The van der Waals surface area contributed by atoms with Crippen molar-refractivity contribution in [3.63, 3.8) is 0 Å². The summed E-state index contributed by atoms with van der Waals surface area (Å²) in [6, 6.07) is 5.99. The lowest BCUT2D eigenvalue weighted by Gasteiger charge is -2.06. The Hall–Kier alpha value is -1.65. The van der Waals surface area contributed by atoms with Crippen molar-refractivity contribution in [3.8, 4) is 5.75 Å². The predicted molar refractivity (Wildman–Crippen MR) is 44.4 cm³/mol. The van der Waals surface area contributed by atoms with Crippen LogP contribution in [-0.4, -0.2) is 19.7 Å². The zero-order valence-electron chi connectivity index (χ0n) is 7.37. The van der Waals surface area contributed by atoms with Crippen molar-refractivity contribution in [1.29, 1.82) is 0 Å². The molecular weight excluding hydrogens is 194 g/mol. The minimum atomic E-state index is -3.12. The monoisotopic (exact) mass is 202 g/mol. The standard InChI is InChI=1S/C9H8F2O3/c1-13-7-5-3-2-4-6(7)8(12)14-9(10)11/h2-5,9H,1H3. The molecule has 1 rings (SSSR count). The Morgan fingerprint density at radius 2 is 2.00 bits per heavy atom. The van der Waals surface area contributed by atoms with Crippen LogP contribution in [0.3, 0.4) is 0 Å².